The monoisotopic (exact) mass is 206 g/mol. The molecular weight excluding hydrogens is 192 g/mol. The summed E-state index contributed by atoms with van der Waals surface area (Å²) in [5, 5.41) is 18.3. The van der Waals surface area contributed by atoms with E-state index in [9.17, 15) is 9.90 Å². The summed E-state index contributed by atoms with van der Waals surface area (Å²) in [5.74, 6) is -1.20. The SMILES string of the molecule is COC1COC(C(=O)O)[C@@H](O)C1OC. The summed E-state index contributed by atoms with van der Waals surface area (Å²) in [4.78, 5) is 10.6. The Hall–Kier alpha value is -0.690. The van der Waals surface area contributed by atoms with Crippen molar-refractivity contribution in [3.8, 4) is 0 Å². The molecule has 6 heteroatoms. The van der Waals surface area contributed by atoms with Crippen molar-refractivity contribution in [2.75, 3.05) is 20.8 Å². The molecule has 0 bridgehead atoms. The van der Waals surface area contributed by atoms with Gasteiger partial charge in [0.1, 0.15) is 18.3 Å². The smallest absolute Gasteiger partial charge is 0.335 e. The minimum Gasteiger partial charge on any atom is -0.479 e. The van der Waals surface area contributed by atoms with E-state index in [2.05, 4.69) is 0 Å². The number of aliphatic hydroxyl groups is 1. The van der Waals surface area contributed by atoms with E-state index in [1.54, 1.807) is 0 Å². The van der Waals surface area contributed by atoms with Crippen molar-refractivity contribution in [2.24, 2.45) is 0 Å². The highest BCUT2D eigenvalue weighted by Crippen LogP contribution is 2.19. The van der Waals surface area contributed by atoms with Gasteiger partial charge in [0.25, 0.3) is 0 Å². The van der Waals surface area contributed by atoms with Gasteiger partial charge in [-0.2, -0.15) is 0 Å². The minimum absolute atomic E-state index is 0.100. The number of hydrogen-bond donors (Lipinski definition) is 2. The first-order valence-electron chi connectivity index (χ1n) is 4.20. The van der Waals surface area contributed by atoms with Crippen molar-refractivity contribution < 1.29 is 29.2 Å². The zero-order chi connectivity index (χ0) is 10.7. The van der Waals surface area contributed by atoms with E-state index >= 15 is 0 Å². The number of aliphatic hydroxyl groups excluding tert-OH is 1. The number of methoxy groups -OCH3 is 2. The number of rotatable bonds is 3. The van der Waals surface area contributed by atoms with E-state index in [1.807, 2.05) is 0 Å². The first-order valence-corrected chi connectivity index (χ1v) is 4.20. The van der Waals surface area contributed by atoms with Gasteiger partial charge in [-0.15, -0.1) is 0 Å². The molecule has 1 rings (SSSR count). The van der Waals surface area contributed by atoms with Crippen molar-refractivity contribution in [3.05, 3.63) is 0 Å². The Labute approximate surface area is 81.4 Å². The summed E-state index contributed by atoms with van der Waals surface area (Å²) in [6, 6.07) is 0. The van der Waals surface area contributed by atoms with E-state index in [-0.39, 0.29) is 6.61 Å². The van der Waals surface area contributed by atoms with Crippen LogP contribution in [0.2, 0.25) is 0 Å². The Kier molecular flexibility index (Phi) is 3.82. The molecule has 0 radical (unpaired) electrons. The fourth-order valence-electron chi connectivity index (χ4n) is 1.49. The van der Waals surface area contributed by atoms with Gasteiger partial charge < -0.3 is 24.4 Å². The molecule has 1 fully saturated rings. The maximum absolute atomic E-state index is 10.6. The molecule has 4 atom stereocenters. The van der Waals surface area contributed by atoms with Crippen LogP contribution in [0, 0.1) is 0 Å². The molecule has 1 aliphatic heterocycles. The third-order valence-electron chi connectivity index (χ3n) is 2.27. The lowest BCUT2D eigenvalue weighted by Crippen LogP contribution is -2.56. The van der Waals surface area contributed by atoms with Crippen LogP contribution in [0.3, 0.4) is 0 Å². The third kappa shape index (κ3) is 2.03. The predicted octanol–water partition coefficient (Wildman–Crippen LogP) is -1.14. The molecule has 6 nitrogen and oxygen atoms in total. The molecule has 0 spiro atoms. The van der Waals surface area contributed by atoms with Crippen LogP contribution in [0.4, 0.5) is 0 Å². The first-order chi connectivity index (χ1) is 6.61. The third-order valence-corrected chi connectivity index (χ3v) is 2.27. The number of carboxylic acids is 1. The summed E-state index contributed by atoms with van der Waals surface area (Å²) >= 11 is 0. The van der Waals surface area contributed by atoms with E-state index < -0.39 is 30.4 Å². The maximum atomic E-state index is 10.6. The zero-order valence-electron chi connectivity index (χ0n) is 8.04. The van der Waals surface area contributed by atoms with Gasteiger partial charge in [-0.1, -0.05) is 0 Å². The summed E-state index contributed by atoms with van der Waals surface area (Å²) in [7, 11) is 2.85. The summed E-state index contributed by atoms with van der Waals surface area (Å²) in [6.45, 7) is 0.100. The van der Waals surface area contributed by atoms with Gasteiger partial charge in [0.15, 0.2) is 6.10 Å². The highest BCUT2D eigenvalue weighted by molar-refractivity contribution is 5.73. The van der Waals surface area contributed by atoms with Crippen molar-refractivity contribution in [3.63, 3.8) is 0 Å². The molecule has 0 aromatic carbocycles. The Morgan fingerprint density at radius 2 is 2.07 bits per heavy atom. The molecule has 0 aromatic rings. The molecular formula is C8H14O6. The van der Waals surface area contributed by atoms with Crippen LogP contribution < -0.4 is 0 Å². The lowest BCUT2D eigenvalue weighted by atomic mass is 10.00. The van der Waals surface area contributed by atoms with Crippen LogP contribution in [0.5, 0.6) is 0 Å². The van der Waals surface area contributed by atoms with E-state index in [4.69, 9.17) is 19.3 Å². The van der Waals surface area contributed by atoms with Crippen molar-refractivity contribution >= 4 is 5.97 Å². The number of hydrogen-bond acceptors (Lipinski definition) is 5. The van der Waals surface area contributed by atoms with E-state index in [1.165, 1.54) is 14.2 Å². The molecule has 0 aromatic heterocycles. The topological polar surface area (TPSA) is 85.2 Å². The molecule has 1 heterocycles. The molecule has 1 aliphatic rings. The van der Waals surface area contributed by atoms with Gasteiger partial charge in [0, 0.05) is 14.2 Å². The number of ether oxygens (including phenoxy) is 3. The zero-order valence-corrected chi connectivity index (χ0v) is 8.04. The fraction of sp³-hybridized carbons (Fsp3) is 0.875. The predicted molar refractivity (Wildman–Crippen MR) is 45.0 cm³/mol. The van der Waals surface area contributed by atoms with Crippen LogP contribution in [0.25, 0.3) is 0 Å². The Balaban J connectivity index is 2.70. The average molecular weight is 206 g/mol. The molecule has 82 valence electrons. The molecule has 14 heavy (non-hydrogen) atoms. The normalized spacial score (nSPS) is 38.2. The molecule has 1 saturated heterocycles. The van der Waals surface area contributed by atoms with Gasteiger partial charge in [-0.25, -0.2) is 4.79 Å². The van der Waals surface area contributed by atoms with Gasteiger partial charge in [-0.05, 0) is 0 Å². The molecule has 3 unspecified atom stereocenters. The summed E-state index contributed by atoms with van der Waals surface area (Å²) < 4.78 is 14.9. The average Bonchev–Trinajstić information content (AvgIpc) is 2.16. The molecule has 0 saturated carbocycles. The van der Waals surface area contributed by atoms with E-state index in [0.29, 0.717) is 0 Å². The second kappa shape index (κ2) is 4.70. The molecule has 0 aliphatic carbocycles. The lowest BCUT2D eigenvalue weighted by molar-refractivity contribution is -0.212. The maximum Gasteiger partial charge on any atom is 0.335 e. The summed E-state index contributed by atoms with van der Waals surface area (Å²) in [5.41, 5.74) is 0. The van der Waals surface area contributed by atoms with Gasteiger partial charge >= 0.3 is 5.97 Å². The van der Waals surface area contributed by atoms with Crippen molar-refractivity contribution in [1.29, 1.82) is 0 Å². The number of aliphatic carboxylic acids is 1. The molecule has 0 amide bonds. The van der Waals surface area contributed by atoms with Gasteiger partial charge in [-0.3, -0.25) is 0 Å². The highest BCUT2D eigenvalue weighted by atomic mass is 16.6. The van der Waals surface area contributed by atoms with Crippen LogP contribution in [-0.4, -0.2) is 61.4 Å². The van der Waals surface area contributed by atoms with Gasteiger partial charge in [0.2, 0.25) is 0 Å². The Morgan fingerprint density at radius 1 is 1.43 bits per heavy atom. The quantitative estimate of drug-likeness (QED) is 0.607. The van der Waals surface area contributed by atoms with Crippen molar-refractivity contribution in [1.82, 2.24) is 0 Å². The number of carbonyl (C=O) groups is 1. The Bertz CT molecular complexity index is 206. The largest absolute Gasteiger partial charge is 0.479 e. The van der Waals surface area contributed by atoms with Crippen LogP contribution in [0.15, 0.2) is 0 Å². The van der Waals surface area contributed by atoms with Crippen LogP contribution in [0.1, 0.15) is 0 Å². The second-order valence-corrected chi connectivity index (χ2v) is 3.06. The van der Waals surface area contributed by atoms with Crippen LogP contribution >= 0.6 is 0 Å². The highest BCUT2D eigenvalue weighted by Gasteiger charge is 2.43. The minimum atomic E-state index is -1.24. The fourth-order valence-corrected chi connectivity index (χ4v) is 1.49. The first kappa shape index (κ1) is 11.4. The molecule has 2 N–H and O–H groups in total. The van der Waals surface area contributed by atoms with Crippen LogP contribution in [-0.2, 0) is 19.0 Å². The number of carboxylic acid groups (broad SMARTS) is 1. The van der Waals surface area contributed by atoms with E-state index in [0.717, 1.165) is 0 Å². The van der Waals surface area contributed by atoms with Gasteiger partial charge in [0.05, 0.1) is 6.61 Å². The second-order valence-electron chi connectivity index (χ2n) is 3.06. The van der Waals surface area contributed by atoms with Crippen molar-refractivity contribution in [2.45, 2.75) is 24.4 Å². The summed E-state index contributed by atoms with van der Waals surface area (Å²) in [6.07, 6.45) is -3.57. The Morgan fingerprint density at radius 3 is 2.50 bits per heavy atom. The standard InChI is InChI=1S/C8H14O6/c1-12-4-3-14-7(8(10)11)5(9)6(4)13-2/h4-7,9H,3H2,1-2H3,(H,10,11)/t4?,5-,6?,7?/m0/s1. The lowest BCUT2D eigenvalue weighted by Gasteiger charge is -2.36.